The minimum atomic E-state index is -0.751. The number of aromatic amines is 1. The van der Waals surface area contributed by atoms with Crippen LogP contribution in [0.2, 0.25) is 0 Å². The van der Waals surface area contributed by atoms with Gasteiger partial charge in [-0.05, 0) is 54.6 Å². The van der Waals surface area contributed by atoms with Gasteiger partial charge >= 0.3 is 0 Å². The Hall–Kier alpha value is -5.03. The summed E-state index contributed by atoms with van der Waals surface area (Å²) < 4.78 is 35.3. The molecule has 11 heteroatoms. The zero-order valence-electron chi connectivity index (χ0n) is 19.9. The van der Waals surface area contributed by atoms with Gasteiger partial charge in [0.15, 0.2) is 11.6 Å². The van der Waals surface area contributed by atoms with Gasteiger partial charge in [-0.2, -0.15) is 0 Å². The molecule has 0 aliphatic rings. The Kier molecular flexibility index (Phi) is 6.83. The Morgan fingerprint density at radius 3 is 2.61 bits per heavy atom. The molecule has 0 spiro atoms. The highest BCUT2D eigenvalue weighted by atomic mass is 19.1. The van der Waals surface area contributed by atoms with Crippen LogP contribution in [0, 0.1) is 11.6 Å². The van der Waals surface area contributed by atoms with Crippen molar-refractivity contribution >= 4 is 28.3 Å². The highest BCUT2D eigenvalue weighted by Crippen LogP contribution is 2.31. The molecule has 0 saturated carbocycles. The van der Waals surface area contributed by atoms with Crippen LogP contribution >= 0.6 is 0 Å². The van der Waals surface area contributed by atoms with Gasteiger partial charge in [0.2, 0.25) is 0 Å². The van der Waals surface area contributed by atoms with Crippen LogP contribution in [0.1, 0.15) is 10.4 Å². The SMILES string of the molecule is NCCNc1cc(C(=O)Nc2ccc(Oc3ccnc4[nH]ccc34)c(F)c2)c(=O)n(-c2ccc(F)cc2)c1. The molecule has 0 unspecified atom stereocenters. The maximum Gasteiger partial charge on any atom is 0.268 e. The Labute approximate surface area is 214 Å². The lowest BCUT2D eigenvalue weighted by atomic mass is 10.2. The van der Waals surface area contributed by atoms with Gasteiger partial charge < -0.3 is 26.1 Å². The molecule has 0 radical (unpaired) electrons. The summed E-state index contributed by atoms with van der Waals surface area (Å²) in [5, 5.41) is 6.27. The number of benzene rings is 2. The topological polar surface area (TPSA) is 127 Å². The summed E-state index contributed by atoms with van der Waals surface area (Å²) in [5.41, 5.74) is 6.26. The fourth-order valence-electron chi connectivity index (χ4n) is 3.85. The predicted octanol–water partition coefficient (Wildman–Crippen LogP) is 4.41. The van der Waals surface area contributed by atoms with Crippen LogP contribution in [0.15, 0.2) is 84.0 Å². The Morgan fingerprint density at radius 1 is 1.03 bits per heavy atom. The van der Waals surface area contributed by atoms with Crippen LogP contribution in [0.3, 0.4) is 0 Å². The molecule has 3 heterocycles. The number of aromatic nitrogens is 3. The van der Waals surface area contributed by atoms with E-state index in [-0.39, 0.29) is 17.0 Å². The van der Waals surface area contributed by atoms with Crippen LogP contribution in [0.5, 0.6) is 11.5 Å². The van der Waals surface area contributed by atoms with Gasteiger partial charge in [0.25, 0.3) is 11.5 Å². The fraction of sp³-hybridized carbons (Fsp3) is 0.0741. The quantitative estimate of drug-likeness (QED) is 0.242. The first-order valence-electron chi connectivity index (χ1n) is 11.6. The van der Waals surface area contributed by atoms with E-state index in [1.807, 2.05) is 0 Å². The average Bonchev–Trinajstić information content (AvgIpc) is 3.40. The van der Waals surface area contributed by atoms with Gasteiger partial charge in [0, 0.05) is 49.1 Å². The van der Waals surface area contributed by atoms with E-state index in [2.05, 4.69) is 20.6 Å². The van der Waals surface area contributed by atoms with Gasteiger partial charge in [0.05, 0.1) is 11.1 Å². The minimum Gasteiger partial charge on any atom is -0.453 e. The molecule has 38 heavy (non-hydrogen) atoms. The van der Waals surface area contributed by atoms with Gasteiger partial charge in [-0.1, -0.05) is 0 Å². The number of hydrogen-bond acceptors (Lipinski definition) is 6. The number of rotatable bonds is 8. The van der Waals surface area contributed by atoms with Crippen molar-refractivity contribution in [1.82, 2.24) is 14.5 Å². The number of carbonyl (C=O) groups excluding carboxylic acids is 1. The highest BCUT2D eigenvalue weighted by Gasteiger charge is 2.17. The molecule has 1 amide bonds. The number of H-pyrrole nitrogens is 1. The number of hydrogen-bond donors (Lipinski definition) is 4. The molecule has 192 valence electrons. The van der Waals surface area contributed by atoms with E-state index in [4.69, 9.17) is 10.5 Å². The monoisotopic (exact) mass is 516 g/mol. The largest absolute Gasteiger partial charge is 0.453 e. The van der Waals surface area contributed by atoms with Crippen molar-refractivity contribution in [3.8, 4) is 17.2 Å². The lowest BCUT2D eigenvalue weighted by Gasteiger charge is -2.14. The number of nitrogens with zero attached hydrogens (tertiary/aromatic N) is 2. The molecule has 5 rings (SSSR count). The third kappa shape index (κ3) is 5.08. The number of carbonyl (C=O) groups is 1. The van der Waals surface area contributed by atoms with Gasteiger partial charge in [0.1, 0.15) is 22.8 Å². The van der Waals surface area contributed by atoms with Crippen LogP contribution in [0.4, 0.5) is 20.2 Å². The minimum absolute atomic E-state index is 0.0525. The number of nitrogens with two attached hydrogens (primary N) is 1. The van der Waals surface area contributed by atoms with Crippen molar-refractivity contribution in [1.29, 1.82) is 0 Å². The van der Waals surface area contributed by atoms with Gasteiger partial charge in [-0.15, -0.1) is 0 Å². The normalized spacial score (nSPS) is 10.9. The number of anilines is 2. The highest BCUT2D eigenvalue weighted by molar-refractivity contribution is 6.04. The molecule has 0 bridgehead atoms. The molecule has 5 N–H and O–H groups in total. The number of amides is 1. The summed E-state index contributed by atoms with van der Waals surface area (Å²) in [6, 6.07) is 13.9. The van der Waals surface area contributed by atoms with E-state index in [1.165, 1.54) is 59.4 Å². The zero-order chi connectivity index (χ0) is 26.6. The van der Waals surface area contributed by atoms with E-state index in [0.717, 1.165) is 6.07 Å². The molecule has 0 fully saturated rings. The summed E-state index contributed by atoms with van der Waals surface area (Å²) in [4.78, 5) is 33.4. The number of fused-ring (bicyclic) bond motifs is 1. The van der Waals surface area contributed by atoms with Crippen molar-refractivity contribution in [2.24, 2.45) is 5.73 Å². The molecule has 2 aromatic carbocycles. The van der Waals surface area contributed by atoms with Crippen molar-refractivity contribution in [2.75, 3.05) is 23.7 Å². The summed E-state index contributed by atoms with van der Waals surface area (Å²) in [6.45, 7) is 0.710. The number of pyridine rings is 2. The van der Waals surface area contributed by atoms with Crippen molar-refractivity contribution in [3.63, 3.8) is 0 Å². The van der Waals surface area contributed by atoms with Crippen LogP contribution in [-0.4, -0.2) is 33.5 Å². The van der Waals surface area contributed by atoms with E-state index in [0.29, 0.717) is 41.2 Å². The standard InChI is InChI=1S/C27H22F2N6O3/c28-16-1-4-19(5-2-16)35-15-18(31-12-9-30)13-21(27(35)37)26(36)34-17-3-6-24(22(29)14-17)38-23-8-11-33-25-20(23)7-10-32-25/h1-8,10-11,13-15,31H,9,12,30H2,(H,32,33)(H,34,36). The first kappa shape index (κ1) is 24.7. The van der Waals surface area contributed by atoms with Crippen LogP contribution in [0.25, 0.3) is 16.7 Å². The molecule has 3 aromatic heterocycles. The summed E-state index contributed by atoms with van der Waals surface area (Å²) in [6.07, 6.45) is 4.73. The molecule has 5 aromatic rings. The molecular weight excluding hydrogens is 494 g/mol. The first-order chi connectivity index (χ1) is 18.4. The summed E-state index contributed by atoms with van der Waals surface area (Å²) in [5.74, 6) is -1.57. The van der Waals surface area contributed by atoms with E-state index in [1.54, 1.807) is 18.3 Å². The molecule has 0 aliphatic heterocycles. The van der Waals surface area contributed by atoms with Crippen molar-refractivity contribution < 1.29 is 18.3 Å². The summed E-state index contributed by atoms with van der Waals surface area (Å²) in [7, 11) is 0. The lowest BCUT2D eigenvalue weighted by Crippen LogP contribution is -2.29. The predicted molar refractivity (Wildman–Crippen MR) is 140 cm³/mol. The second-order valence-corrected chi connectivity index (χ2v) is 8.26. The second-order valence-electron chi connectivity index (χ2n) is 8.26. The second kappa shape index (κ2) is 10.5. The van der Waals surface area contributed by atoms with Crippen molar-refractivity contribution in [2.45, 2.75) is 0 Å². The van der Waals surface area contributed by atoms with Crippen LogP contribution in [-0.2, 0) is 0 Å². The third-order valence-electron chi connectivity index (χ3n) is 5.67. The maximum atomic E-state index is 14.9. The maximum absolute atomic E-state index is 14.9. The van der Waals surface area contributed by atoms with E-state index in [9.17, 15) is 18.4 Å². The average molecular weight is 517 g/mol. The molecule has 9 nitrogen and oxygen atoms in total. The Bertz CT molecular complexity index is 1680. The Balaban J connectivity index is 1.41. The smallest absolute Gasteiger partial charge is 0.268 e. The zero-order valence-corrected chi connectivity index (χ0v) is 19.9. The van der Waals surface area contributed by atoms with E-state index >= 15 is 0 Å². The Morgan fingerprint density at radius 2 is 1.84 bits per heavy atom. The van der Waals surface area contributed by atoms with Crippen LogP contribution < -0.4 is 26.7 Å². The van der Waals surface area contributed by atoms with E-state index < -0.39 is 23.1 Å². The fourth-order valence-corrected chi connectivity index (χ4v) is 3.85. The van der Waals surface area contributed by atoms with Gasteiger partial charge in [-0.25, -0.2) is 13.8 Å². The third-order valence-corrected chi connectivity index (χ3v) is 5.67. The number of nitrogens with one attached hydrogen (secondary N) is 3. The number of halogens is 2. The molecule has 0 atom stereocenters. The summed E-state index contributed by atoms with van der Waals surface area (Å²) >= 11 is 0. The number of ether oxygens (including phenoxy) is 1. The van der Waals surface area contributed by atoms with Gasteiger partial charge in [-0.3, -0.25) is 14.2 Å². The molecule has 0 saturated heterocycles. The molecule has 0 aliphatic carbocycles. The lowest BCUT2D eigenvalue weighted by molar-refractivity contribution is 0.102. The molecular formula is C27H22F2N6O3. The van der Waals surface area contributed by atoms with Crippen molar-refractivity contribution in [3.05, 3.63) is 107 Å². The first-order valence-corrected chi connectivity index (χ1v) is 11.6.